The molecule has 1 aliphatic carbocycles. The Morgan fingerprint density at radius 2 is 1.94 bits per heavy atom. The van der Waals surface area contributed by atoms with Crippen LogP contribution >= 0.6 is 0 Å². The van der Waals surface area contributed by atoms with Gasteiger partial charge in [0, 0.05) is 32.2 Å². The van der Waals surface area contributed by atoms with Gasteiger partial charge in [-0.3, -0.25) is 4.90 Å². The third-order valence-corrected chi connectivity index (χ3v) is 5.79. The first-order valence-corrected chi connectivity index (χ1v) is 11.7. The van der Waals surface area contributed by atoms with E-state index in [0.717, 1.165) is 23.4 Å². The summed E-state index contributed by atoms with van der Waals surface area (Å²) in [5.41, 5.74) is 2.60. The molecule has 2 aromatic carbocycles. The molecule has 1 aliphatic rings. The zero-order valence-corrected chi connectivity index (χ0v) is 19.6. The molecule has 6 nitrogen and oxygen atoms in total. The van der Waals surface area contributed by atoms with Crippen LogP contribution in [0.4, 0.5) is 4.39 Å². The van der Waals surface area contributed by atoms with Crippen molar-refractivity contribution in [1.82, 2.24) is 14.7 Å². The van der Waals surface area contributed by atoms with E-state index in [9.17, 15) is 9.50 Å². The molecule has 0 unspecified atom stereocenters. The Hall–Kier alpha value is -3.00. The van der Waals surface area contributed by atoms with Crippen molar-refractivity contribution in [2.45, 2.75) is 25.5 Å². The number of nitrogens with zero attached hydrogens (tertiary/aromatic N) is 3. The van der Waals surface area contributed by atoms with Crippen molar-refractivity contribution in [3.05, 3.63) is 78.6 Å². The Morgan fingerprint density at radius 3 is 2.65 bits per heavy atom. The van der Waals surface area contributed by atoms with Crippen LogP contribution in [-0.4, -0.2) is 52.2 Å². The van der Waals surface area contributed by atoms with E-state index in [0.29, 0.717) is 31.5 Å². The largest absolute Gasteiger partial charge is 0.436 e. The molecule has 180 valence electrons. The van der Waals surface area contributed by atoms with Gasteiger partial charge in [-0.2, -0.15) is 5.10 Å². The van der Waals surface area contributed by atoms with Crippen molar-refractivity contribution in [3.8, 4) is 22.9 Å². The van der Waals surface area contributed by atoms with E-state index in [2.05, 4.69) is 11.5 Å². The van der Waals surface area contributed by atoms with Crippen LogP contribution < -0.4 is 4.74 Å². The highest BCUT2D eigenvalue weighted by Gasteiger charge is 2.28. The minimum atomic E-state index is -0.633. The molecular weight excluding hydrogens is 433 g/mol. The van der Waals surface area contributed by atoms with Gasteiger partial charge in [0.15, 0.2) is 11.6 Å². The zero-order chi connectivity index (χ0) is 23.9. The second kappa shape index (κ2) is 11.4. The average Bonchev–Trinajstić information content (AvgIpc) is 3.60. The topological polar surface area (TPSA) is 59.8 Å². The Morgan fingerprint density at radius 1 is 1.21 bits per heavy atom. The molecule has 0 saturated heterocycles. The molecule has 1 saturated carbocycles. The molecule has 0 bridgehead atoms. The lowest BCUT2D eigenvalue weighted by atomic mass is 10.1. The highest BCUT2D eigenvalue weighted by molar-refractivity contribution is 5.65. The summed E-state index contributed by atoms with van der Waals surface area (Å²) in [5.74, 6) is 0.828. The van der Waals surface area contributed by atoms with E-state index in [4.69, 9.17) is 14.6 Å². The molecule has 1 aromatic heterocycles. The second-order valence-electron chi connectivity index (χ2n) is 8.77. The first-order valence-electron chi connectivity index (χ1n) is 11.7. The first kappa shape index (κ1) is 24.1. The van der Waals surface area contributed by atoms with Gasteiger partial charge < -0.3 is 14.6 Å². The molecule has 0 spiro atoms. The van der Waals surface area contributed by atoms with Crippen molar-refractivity contribution in [1.29, 1.82) is 0 Å². The van der Waals surface area contributed by atoms with E-state index < -0.39 is 11.9 Å². The summed E-state index contributed by atoms with van der Waals surface area (Å²) in [4.78, 5) is 2.22. The smallest absolute Gasteiger partial charge is 0.222 e. The van der Waals surface area contributed by atoms with Gasteiger partial charge in [-0.1, -0.05) is 48.5 Å². The molecular formula is C27H32FN3O3. The van der Waals surface area contributed by atoms with Gasteiger partial charge >= 0.3 is 0 Å². The summed E-state index contributed by atoms with van der Waals surface area (Å²) in [6.45, 7) is 6.12. The minimum Gasteiger partial charge on any atom is -0.436 e. The lowest BCUT2D eigenvalue weighted by Crippen LogP contribution is -2.36. The van der Waals surface area contributed by atoms with Crippen molar-refractivity contribution in [3.63, 3.8) is 0 Å². The summed E-state index contributed by atoms with van der Waals surface area (Å²) in [5, 5.41) is 15.3. The number of aliphatic hydroxyl groups is 1. The summed E-state index contributed by atoms with van der Waals surface area (Å²) in [6, 6.07) is 16.3. The van der Waals surface area contributed by atoms with Gasteiger partial charge in [-0.15, -0.1) is 6.58 Å². The fourth-order valence-electron chi connectivity index (χ4n) is 4.01. The number of halogens is 1. The number of hydrogen-bond donors (Lipinski definition) is 1. The lowest BCUT2D eigenvalue weighted by Gasteiger charge is -2.25. The summed E-state index contributed by atoms with van der Waals surface area (Å²) >= 11 is 0. The zero-order valence-electron chi connectivity index (χ0n) is 19.6. The van der Waals surface area contributed by atoms with Crippen LogP contribution in [0.5, 0.6) is 11.6 Å². The number of para-hydroxylation sites is 1. The van der Waals surface area contributed by atoms with Crippen molar-refractivity contribution in [2.75, 3.05) is 26.3 Å². The molecule has 34 heavy (non-hydrogen) atoms. The Kier molecular flexibility index (Phi) is 8.11. The van der Waals surface area contributed by atoms with Crippen molar-refractivity contribution < 1.29 is 19.0 Å². The van der Waals surface area contributed by atoms with Crippen molar-refractivity contribution in [2.24, 2.45) is 13.0 Å². The number of ether oxygens (including phenoxy) is 2. The van der Waals surface area contributed by atoms with Gasteiger partial charge in [-0.25, -0.2) is 9.07 Å². The number of aromatic nitrogens is 2. The molecule has 1 fully saturated rings. The van der Waals surface area contributed by atoms with E-state index >= 15 is 0 Å². The predicted molar refractivity (Wildman–Crippen MR) is 130 cm³/mol. The van der Waals surface area contributed by atoms with E-state index in [1.54, 1.807) is 36.0 Å². The predicted octanol–water partition coefficient (Wildman–Crippen LogP) is 4.79. The van der Waals surface area contributed by atoms with E-state index in [1.165, 1.54) is 18.9 Å². The lowest BCUT2D eigenvalue weighted by molar-refractivity contribution is 0.0235. The summed E-state index contributed by atoms with van der Waals surface area (Å²) in [7, 11) is 1.80. The summed E-state index contributed by atoms with van der Waals surface area (Å²) in [6.07, 6.45) is 3.42. The SMILES string of the molecule is C=CCOC[C@H](O)CN(Cc1c(-c2ccccc2)nn(C)c1Oc1ccccc1F)CC1CC1. The maximum absolute atomic E-state index is 14.4. The summed E-state index contributed by atoms with van der Waals surface area (Å²) < 4.78 is 27.6. The van der Waals surface area contributed by atoms with Gasteiger partial charge in [-0.05, 0) is 30.9 Å². The standard InChI is InChI=1S/C27H32FN3O3/c1-3-15-33-19-22(32)17-31(16-20-13-14-20)18-23-26(21-9-5-4-6-10-21)29-30(2)27(23)34-25-12-8-7-11-24(25)28/h3-12,20,22,32H,1,13-19H2,2H3/t22-/m1/s1. The molecule has 7 heteroatoms. The molecule has 4 rings (SSSR count). The molecule has 0 amide bonds. The minimum absolute atomic E-state index is 0.151. The Balaban J connectivity index is 1.65. The molecule has 3 aromatic rings. The van der Waals surface area contributed by atoms with Crippen molar-refractivity contribution >= 4 is 0 Å². The molecule has 0 aliphatic heterocycles. The van der Waals surface area contributed by atoms with Gasteiger partial charge in [0.1, 0.15) is 5.69 Å². The van der Waals surface area contributed by atoms with Gasteiger partial charge in [0.05, 0.1) is 24.9 Å². The third-order valence-electron chi connectivity index (χ3n) is 5.79. The van der Waals surface area contributed by atoms with E-state index in [1.807, 2.05) is 30.3 Å². The van der Waals surface area contributed by atoms with Crippen LogP contribution in [0.25, 0.3) is 11.3 Å². The normalized spacial score (nSPS) is 14.4. The maximum atomic E-state index is 14.4. The van der Waals surface area contributed by atoms with Crippen LogP contribution in [0.2, 0.25) is 0 Å². The highest BCUT2D eigenvalue weighted by Crippen LogP contribution is 2.36. The molecule has 1 N–H and O–H groups in total. The van der Waals surface area contributed by atoms with Crippen LogP contribution in [-0.2, 0) is 18.3 Å². The molecule has 0 radical (unpaired) electrons. The second-order valence-corrected chi connectivity index (χ2v) is 8.77. The van der Waals surface area contributed by atoms with Crippen LogP contribution in [0.1, 0.15) is 18.4 Å². The van der Waals surface area contributed by atoms with Gasteiger partial charge in [0.2, 0.25) is 5.88 Å². The number of rotatable bonds is 13. The quantitative estimate of drug-likeness (QED) is 0.290. The van der Waals surface area contributed by atoms with Crippen LogP contribution in [0.3, 0.4) is 0 Å². The first-order chi connectivity index (χ1) is 16.5. The fraction of sp³-hybridized carbons (Fsp3) is 0.370. The third kappa shape index (κ3) is 6.32. The highest BCUT2D eigenvalue weighted by atomic mass is 19.1. The monoisotopic (exact) mass is 465 g/mol. The average molecular weight is 466 g/mol. The maximum Gasteiger partial charge on any atom is 0.222 e. The molecule has 1 heterocycles. The number of benzene rings is 2. The van der Waals surface area contributed by atoms with E-state index in [-0.39, 0.29) is 12.4 Å². The molecule has 1 atom stereocenters. The number of aliphatic hydroxyl groups excluding tert-OH is 1. The number of hydrogen-bond acceptors (Lipinski definition) is 5. The van der Waals surface area contributed by atoms with Crippen LogP contribution in [0, 0.1) is 11.7 Å². The fourth-order valence-corrected chi connectivity index (χ4v) is 4.01. The van der Waals surface area contributed by atoms with Crippen LogP contribution in [0.15, 0.2) is 67.3 Å². The Bertz CT molecular complexity index is 1080. The van der Waals surface area contributed by atoms with Gasteiger partial charge in [0.25, 0.3) is 0 Å². The Labute approximate surface area is 200 Å². The number of aryl methyl sites for hydroxylation is 1.